The number of rotatable bonds is 5. The summed E-state index contributed by atoms with van der Waals surface area (Å²) in [5.41, 5.74) is 1.25. The van der Waals surface area contributed by atoms with Crippen LogP contribution < -0.4 is 5.32 Å². The number of hydrogen-bond acceptors (Lipinski definition) is 6. The molecule has 2 aliphatic rings. The van der Waals surface area contributed by atoms with E-state index in [-0.39, 0.29) is 42.5 Å². The summed E-state index contributed by atoms with van der Waals surface area (Å²) in [5.74, 6) is 1.86. The molecule has 3 aromatic rings. The van der Waals surface area contributed by atoms with E-state index in [1.807, 2.05) is 6.07 Å². The van der Waals surface area contributed by atoms with Gasteiger partial charge in [-0.2, -0.15) is 14.8 Å². The number of likely N-dealkylation sites (tertiary alicyclic amines) is 1. The van der Waals surface area contributed by atoms with Gasteiger partial charge in [0.15, 0.2) is 0 Å². The number of halogens is 3. The van der Waals surface area contributed by atoms with Crippen LogP contribution in [0.1, 0.15) is 63.0 Å². The highest BCUT2D eigenvalue weighted by molar-refractivity contribution is 5.85. The van der Waals surface area contributed by atoms with Crippen LogP contribution in [0.15, 0.2) is 22.7 Å². The van der Waals surface area contributed by atoms with Crippen molar-refractivity contribution in [1.29, 1.82) is 0 Å². The molecule has 33 heavy (non-hydrogen) atoms. The monoisotopic (exact) mass is 498 g/mol. The average molecular weight is 499 g/mol. The zero-order chi connectivity index (χ0) is 21.4. The number of nitrogens with zero attached hydrogens (tertiary/aromatic N) is 5. The maximum Gasteiger partial charge on any atom is 0.291 e. The Hall–Kier alpha value is -1.74. The van der Waals surface area contributed by atoms with Crippen molar-refractivity contribution in [3.05, 3.63) is 35.6 Å². The molecule has 5 rings (SSSR count). The maximum absolute atomic E-state index is 14.6. The van der Waals surface area contributed by atoms with Gasteiger partial charge in [-0.15, -0.1) is 24.8 Å². The molecule has 0 aliphatic carbocycles. The molecular weight excluding hydrogens is 466 g/mol. The zero-order valence-electron chi connectivity index (χ0n) is 19.2. The Kier molecular flexibility index (Phi) is 8.72. The number of piperidine rings is 2. The number of nitrogens with one attached hydrogen (secondary N) is 1. The van der Waals surface area contributed by atoms with E-state index in [2.05, 4.69) is 39.3 Å². The molecule has 1 N–H and O–H groups in total. The van der Waals surface area contributed by atoms with Gasteiger partial charge in [0.1, 0.15) is 11.3 Å². The number of benzene rings is 1. The second-order valence-corrected chi connectivity index (χ2v) is 9.29. The molecule has 4 heterocycles. The van der Waals surface area contributed by atoms with E-state index in [0.29, 0.717) is 17.4 Å². The molecule has 0 spiro atoms. The molecule has 0 bridgehead atoms. The summed E-state index contributed by atoms with van der Waals surface area (Å²) in [6.07, 6.45) is 4.58. The lowest BCUT2D eigenvalue weighted by Gasteiger charge is -2.34. The Morgan fingerprint density at radius 3 is 2.55 bits per heavy atom. The molecule has 0 radical (unpaired) electrons. The standard InChI is InChI=1S/C23H31FN6O.2ClH/c1-15(2)20-18-4-3-5-19(24)21(18)30(27-20)23-26-22(31-28-23)17-8-12-29(13-9-17)14-16-6-10-25-11-7-16;;/h3-5,15-17,25H,6-14H2,1-2H3;2*1H. The first kappa shape index (κ1) is 25.9. The quantitative estimate of drug-likeness (QED) is 0.549. The molecule has 1 aromatic carbocycles. The minimum atomic E-state index is -0.325. The van der Waals surface area contributed by atoms with Crippen molar-refractivity contribution in [2.45, 2.75) is 51.4 Å². The fourth-order valence-electron chi connectivity index (χ4n) is 4.99. The third kappa shape index (κ3) is 5.34. The van der Waals surface area contributed by atoms with Gasteiger partial charge in [-0.25, -0.2) is 4.39 Å². The summed E-state index contributed by atoms with van der Waals surface area (Å²) in [6.45, 7) is 9.71. The van der Waals surface area contributed by atoms with Gasteiger partial charge in [0, 0.05) is 17.8 Å². The van der Waals surface area contributed by atoms with Gasteiger partial charge < -0.3 is 14.7 Å². The second-order valence-electron chi connectivity index (χ2n) is 9.29. The van der Waals surface area contributed by atoms with Crippen molar-refractivity contribution in [2.75, 3.05) is 32.7 Å². The van der Waals surface area contributed by atoms with Crippen molar-refractivity contribution in [1.82, 2.24) is 30.1 Å². The molecule has 10 heteroatoms. The lowest BCUT2D eigenvalue weighted by molar-refractivity contribution is 0.157. The summed E-state index contributed by atoms with van der Waals surface area (Å²) in [6, 6.07) is 5.06. The van der Waals surface area contributed by atoms with Crippen LogP contribution in [-0.4, -0.2) is 57.5 Å². The smallest absolute Gasteiger partial charge is 0.291 e. The van der Waals surface area contributed by atoms with Crippen molar-refractivity contribution in [3.63, 3.8) is 0 Å². The SMILES string of the molecule is CC(C)c1nn(-c2noc(C3CCN(CC4CCNCC4)CC3)n2)c2c(F)cccc12.Cl.Cl. The Labute approximate surface area is 206 Å². The largest absolute Gasteiger partial charge is 0.337 e. The number of fused-ring (bicyclic) bond motifs is 1. The summed E-state index contributed by atoms with van der Waals surface area (Å²) < 4.78 is 21.8. The molecule has 0 amide bonds. The molecule has 2 aliphatic heterocycles. The minimum absolute atomic E-state index is 0. The summed E-state index contributed by atoms with van der Waals surface area (Å²) in [4.78, 5) is 7.22. The topological polar surface area (TPSA) is 72.0 Å². The zero-order valence-corrected chi connectivity index (χ0v) is 20.8. The molecule has 7 nitrogen and oxygen atoms in total. The lowest BCUT2D eigenvalue weighted by atomic mass is 9.93. The van der Waals surface area contributed by atoms with Gasteiger partial charge >= 0.3 is 0 Å². The fourth-order valence-corrected chi connectivity index (χ4v) is 4.99. The highest BCUT2D eigenvalue weighted by Crippen LogP contribution is 2.31. The second kappa shape index (κ2) is 11.1. The van der Waals surface area contributed by atoms with Crippen LogP contribution in [0, 0.1) is 11.7 Å². The van der Waals surface area contributed by atoms with E-state index in [1.165, 1.54) is 30.1 Å². The van der Waals surface area contributed by atoms with Gasteiger partial charge in [-0.3, -0.25) is 0 Å². The highest BCUT2D eigenvalue weighted by atomic mass is 35.5. The summed E-state index contributed by atoms with van der Waals surface area (Å²) >= 11 is 0. The molecule has 0 atom stereocenters. The average Bonchev–Trinajstić information content (AvgIpc) is 3.41. The van der Waals surface area contributed by atoms with Crippen molar-refractivity contribution < 1.29 is 8.91 Å². The van der Waals surface area contributed by atoms with Crippen LogP contribution in [0.25, 0.3) is 16.9 Å². The van der Waals surface area contributed by atoms with Gasteiger partial charge in [-0.05, 0) is 74.9 Å². The molecule has 2 aromatic heterocycles. The lowest BCUT2D eigenvalue weighted by Crippen LogP contribution is -2.39. The third-order valence-electron chi connectivity index (χ3n) is 6.76. The Morgan fingerprint density at radius 2 is 1.85 bits per heavy atom. The van der Waals surface area contributed by atoms with Crippen LogP contribution in [0.5, 0.6) is 0 Å². The van der Waals surface area contributed by atoms with Gasteiger partial charge in [0.25, 0.3) is 5.95 Å². The predicted octanol–water partition coefficient (Wildman–Crippen LogP) is 4.69. The van der Waals surface area contributed by atoms with E-state index >= 15 is 0 Å². The first-order valence-electron chi connectivity index (χ1n) is 11.5. The minimum Gasteiger partial charge on any atom is -0.337 e. The van der Waals surface area contributed by atoms with Crippen molar-refractivity contribution in [3.8, 4) is 5.95 Å². The molecule has 0 unspecified atom stereocenters. The van der Waals surface area contributed by atoms with Crippen molar-refractivity contribution >= 4 is 35.7 Å². The first-order valence-corrected chi connectivity index (χ1v) is 11.5. The number of para-hydroxylation sites is 1. The molecule has 182 valence electrons. The number of hydrogen-bond donors (Lipinski definition) is 1. The van der Waals surface area contributed by atoms with Crippen LogP contribution in [0.3, 0.4) is 0 Å². The first-order chi connectivity index (χ1) is 15.1. The van der Waals surface area contributed by atoms with Gasteiger partial charge in [0.05, 0.1) is 5.69 Å². The van der Waals surface area contributed by atoms with E-state index in [4.69, 9.17) is 4.52 Å². The molecular formula is C23H33Cl2FN6O. The van der Waals surface area contributed by atoms with E-state index < -0.39 is 0 Å². The molecule has 0 saturated carbocycles. The Balaban J connectivity index is 0.00000153. The van der Waals surface area contributed by atoms with Crippen molar-refractivity contribution in [2.24, 2.45) is 5.92 Å². The van der Waals surface area contributed by atoms with E-state index in [9.17, 15) is 4.39 Å². The van der Waals surface area contributed by atoms with Crippen LogP contribution in [-0.2, 0) is 0 Å². The summed E-state index contributed by atoms with van der Waals surface area (Å²) in [5, 5.41) is 13.0. The maximum atomic E-state index is 14.6. The van der Waals surface area contributed by atoms with Crippen LogP contribution in [0.4, 0.5) is 4.39 Å². The van der Waals surface area contributed by atoms with Gasteiger partial charge in [-0.1, -0.05) is 26.0 Å². The third-order valence-corrected chi connectivity index (χ3v) is 6.76. The van der Waals surface area contributed by atoms with Crippen LogP contribution >= 0.6 is 24.8 Å². The van der Waals surface area contributed by atoms with Crippen LogP contribution in [0.2, 0.25) is 0 Å². The fraction of sp³-hybridized carbons (Fsp3) is 0.609. The van der Waals surface area contributed by atoms with E-state index in [0.717, 1.165) is 56.0 Å². The van der Waals surface area contributed by atoms with E-state index in [1.54, 1.807) is 6.07 Å². The number of aromatic nitrogens is 4. The summed E-state index contributed by atoms with van der Waals surface area (Å²) in [7, 11) is 0. The Bertz CT molecular complexity index is 1040. The predicted molar refractivity (Wildman–Crippen MR) is 131 cm³/mol. The molecule has 2 saturated heterocycles. The van der Waals surface area contributed by atoms with Gasteiger partial charge in [0.2, 0.25) is 5.89 Å². The molecule has 2 fully saturated rings. The normalized spacial score (nSPS) is 18.4. The Morgan fingerprint density at radius 1 is 1.12 bits per heavy atom. The highest BCUT2D eigenvalue weighted by Gasteiger charge is 2.28.